The van der Waals surface area contributed by atoms with Crippen LogP contribution in [0, 0.1) is 3.57 Å². The molecule has 0 aromatic carbocycles. The van der Waals surface area contributed by atoms with E-state index in [0.717, 1.165) is 19.4 Å². The van der Waals surface area contributed by atoms with Crippen LogP contribution in [-0.4, -0.2) is 24.6 Å². The molecule has 0 saturated heterocycles. The Morgan fingerprint density at radius 1 is 1.44 bits per heavy atom. The van der Waals surface area contributed by atoms with E-state index in [9.17, 15) is 0 Å². The van der Waals surface area contributed by atoms with Gasteiger partial charge in [-0.05, 0) is 34.4 Å². The summed E-state index contributed by atoms with van der Waals surface area (Å²) in [5.74, 6) is 0. The SMILES string of the molecule is Cn1c(CO)cnc1Sc1ncncc1I. The van der Waals surface area contributed by atoms with E-state index < -0.39 is 0 Å². The van der Waals surface area contributed by atoms with E-state index in [2.05, 4.69) is 37.5 Å². The van der Waals surface area contributed by atoms with Crippen LogP contribution < -0.4 is 0 Å². The van der Waals surface area contributed by atoms with Crippen LogP contribution in [0.5, 0.6) is 0 Å². The molecule has 2 aromatic heterocycles. The first-order valence-electron chi connectivity index (χ1n) is 4.47. The van der Waals surface area contributed by atoms with Gasteiger partial charge in [0.2, 0.25) is 0 Å². The number of imidazole rings is 1. The molecule has 2 heterocycles. The second-order valence-corrected chi connectivity index (χ2v) is 5.15. The van der Waals surface area contributed by atoms with Crippen molar-refractivity contribution in [3.63, 3.8) is 0 Å². The van der Waals surface area contributed by atoms with Crippen LogP contribution in [0.1, 0.15) is 5.69 Å². The maximum atomic E-state index is 9.06. The van der Waals surface area contributed by atoms with E-state index in [1.807, 2.05) is 11.6 Å². The fourth-order valence-corrected chi connectivity index (χ4v) is 2.54. The lowest BCUT2D eigenvalue weighted by atomic mass is 10.5. The van der Waals surface area contributed by atoms with Gasteiger partial charge in [-0.15, -0.1) is 0 Å². The first-order valence-corrected chi connectivity index (χ1v) is 6.36. The summed E-state index contributed by atoms with van der Waals surface area (Å²) in [6, 6.07) is 0. The van der Waals surface area contributed by atoms with Gasteiger partial charge in [0, 0.05) is 13.2 Å². The zero-order valence-electron chi connectivity index (χ0n) is 8.46. The topological polar surface area (TPSA) is 63.8 Å². The number of hydrogen-bond acceptors (Lipinski definition) is 5. The molecule has 7 heteroatoms. The summed E-state index contributed by atoms with van der Waals surface area (Å²) < 4.78 is 2.83. The minimum atomic E-state index is -0.00900. The van der Waals surface area contributed by atoms with Gasteiger partial charge in [0.25, 0.3) is 0 Å². The number of aliphatic hydroxyl groups excluding tert-OH is 1. The first-order chi connectivity index (χ1) is 7.72. The third kappa shape index (κ3) is 2.36. The maximum Gasteiger partial charge on any atom is 0.174 e. The van der Waals surface area contributed by atoms with Gasteiger partial charge in [0.05, 0.1) is 22.1 Å². The molecule has 84 valence electrons. The molecule has 0 aliphatic rings. The molecule has 5 nitrogen and oxygen atoms in total. The van der Waals surface area contributed by atoms with Gasteiger partial charge in [0.15, 0.2) is 5.16 Å². The Hall–Kier alpha value is -0.670. The summed E-state index contributed by atoms with van der Waals surface area (Å²) in [6.07, 6.45) is 4.93. The van der Waals surface area contributed by atoms with Gasteiger partial charge >= 0.3 is 0 Å². The van der Waals surface area contributed by atoms with E-state index in [0.29, 0.717) is 0 Å². The lowest BCUT2D eigenvalue weighted by Gasteiger charge is -2.03. The van der Waals surface area contributed by atoms with Crippen molar-refractivity contribution in [1.29, 1.82) is 0 Å². The molecule has 0 saturated carbocycles. The summed E-state index contributed by atoms with van der Waals surface area (Å²) in [7, 11) is 1.87. The summed E-state index contributed by atoms with van der Waals surface area (Å²) in [5, 5.41) is 10.7. The Balaban J connectivity index is 2.27. The fraction of sp³-hybridized carbons (Fsp3) is 0.222. The molecule has 0 bridgehead atoms. The van der Waals surface area contributed by atoms with Gasteiger partial charge in [0.1, 0.15) is 11.4 Å². The molecular formula is C9H9IN4OS. The smallest absolute Gasteiger partial charge is 0.174 e. The highest BCUT2D eigenvalue weighted by Crippen LogP contribution is 2.27. The summed E-state index contributed by atoms with van der Waals surface area (Å²) in [5.41, 5.74) is 0.784. The third-order valence-electron chi connectivity index (χ3n) is 2.03. The minimum Gasteiger partial charge on any atom is -0.390 e. The molecule has 0 aliphatic carbocycles. The summed E-state index contributed by atoms with van der Waals surface area (Å²) in [4.78, 5) is 12.3. The Labute approximate surface area is 110 Å². The minimum absolute atomic E-state index is 0.00900. The van der Waals surface area contributed by atoms with Crippen molar-refractivity contribution < 1.29 is 5.11 Å². The predicted molar refractivity (Wildman–Crippen MR) is 68.0 cm³/mol. The molecule has 0 aliphatic heterocycles. The molecule has 16 heavy (non-hydrogen) atoms. The van der Waals surface area contributed by atoms with E-state index in [-0.39, 0.29) is 6.61 Å². The standard InChI is InChI=1S/C9H9IN4OS/c1-14-6(4-15)2-12-9(14)16-8-7(10)3-11-5-13-8/h2-3,5,15H,4H2,1H3. The molecule has 0 atom stereocenters. The van der Waals surface area contributed by atoms with E-state index in [1.54, 1.807) is 12.4 Å². The number of aromatic nitrogens is 4. The van der Waals surface area contributed by atoms with Gasteiger partial charge < -0.3 is 9.67 Å². The molecule has 2 rings (SSSR count). The van der Waals surface area contributed by atoms with Crippen molar-refractivity contribution in [3.8, 4) is 0 Å². The Kier molecular flexibility index (Phi) is 3.77. The number of hydrogen-bond donors (Lipinski definition) is 1. The van der Waals surface area contributed by atoms with Crippen molar-refractivity contribution in [1.82, 2.24) is 19.5 Å². The summed E-state index contributed by atoms with van der Waals surface area (Å²) >= 11 is 3.64. The zero-order chi connectivity index (χ0) is 11.5. The van der Waals surface area contributed by atoms with Crippen LogP contribution in [0.2, 0.25) is 0 Å². The summed E-state index contributed by atoms with van der Waals surface area (Å²) in [6.45, 7) is -0.00900. The molecule has 0 fully saturated rings. The van der Waals surface area contributed by atoms with Crippen molar-refractivity contribution in [2.45, 2.75) is 16.8 Å². The van der Waals surface area contributed by atoms with Crippen molar-refractivity contribution in [3.05, 3.63) is 28.0 Å². The Bertz CT molecular complexity index is 502. The van der Waals surface area contributed by atoms with Gasteiger partial charge in [-0.25, -0.2) is 15.0 Å². The highest BCUT2D eigenvalue weighted by Gasteiger charge is 2.10. The van der Waals surface area contributed by atoms with Gasteiger partial charge in [-0.2, -0.15) is 0 Å². The van der Waals surface area contributed by atoms with E-state index in [4.69, 9.17) is 5.11 Å². The average molecular weight is 348 g/mol. The van der Waals surface area contributed by atoms with Gasteiger partial charge in [-0.1, -0.05) is 0 Å². The highest BCUT2D eigenvalue weighted by molar-refractivity contribution is 14.1. The van der Waals surface area contributed by atoms with Gasteiger partial charge in [-0.3, -0.25) is 0 Å². The van der Waals surface area contributed by atoms with Crippen LogP contribution >= 0.6 is 34.4 Å². The quantitative estimate of drug-likeness (QED) is 0.672. The van der Waals surface area contributed by atoms with Crippen molar-refractivity contribution in [2.75, 3.05) is 0 Å². The predicted octanol–water partition coefficient (Wildman–Crippen LogP) is 1.46. The van der Waals surface area contributed by atoms with Crippen molar-refractivity contribution in [2.24, 2.45) is 7.05 Å². The molecule has 0 amide bonds. The van der Waals surface area contributed by atoms with E-state index >= 15 is 0 Å². The molecule has 0 spiro atoms. The molecular weight excluding hydrogens is 339 g/mol. The Morgan fingerprint density at radius 3 is 2.88 bits per heavy atom. The Morgan fingerprint density at radius 2 is 2.25 bits per heavy atom. The number of rotatable bonds is 3. The largest absolute Gasteiger partial charge is 0.390 e. The van der Waals surface area contributed by atoms with E-state index in [1.165, 1.54) is 18.1 Å². The van der Waals surface area contributed by atoms with Crippen LogP contribution in [0.4, 0.5) is 0 Å². The second-order valence-electron chi connectivity index (χ2n) is 3.03. The zero-order valence-corrected chi connectivity index (χ0v) is 11.4. The highest BCUT2D eigenvalue weighted by atomic mass is 127. The molecule has 0 unspecified atom stereocenters. The third-order valence-corrected chi connectivity index (χ3v) is 4.26. The number of halogens is 1. The molecule has 0 radical (unpaired) electrons. The monoisotopic (exact) mass is 348 g/mol. The number of aliphatic hydroxyl groups is 1. The fourth-order valence-electron chi connectivity index (χ4n) is 1.13. The lowest BCUT2D eigenvalue weighted by molar-refractivity contribution is 0.271. The first kappa shape index (κ1) is 11.8. The van der Waals surface area contributed by atoms with Crippen LogP contribution in [0.25, 0.3) is 0 Å². The average Bonchev–Trinajstić information content (AvgIpc) is 2.63. The normalized spacial score (nSPS) is 10.7. The van der Waals surface area contributed by atoms with Crippen molar-refractivity contribution >= 4 is 34.4 Å². The second kappa shape index (κ2) is 5.11. The van der Waals surface area contributed by atoms with Crippen LogP contribution in [-0.2, 0) is 13.7 Å². The maximum absolute atomic E-state index is 9.06. The van der Waals surface area contributed by atoms with Crippen LogP contribution in [0.3, 0.4) is 0 Å². The number of nitrogens with zero attached hydrogens (tertiary/aromatic N) is 4. The van der Waals surface area contributed by atoms with Crippen LogP contribution in [0.15, 0.2) is 28.9 Å². The molecule has 2 aromatic rings. The lowest BCUT2D eigenvalue weighted by Crippen LogP contribution is -1.98. The molecule has 1 N–H and O–H groups in total.